The van der Waals surface area contributed by atoms with E-state index in [-0.39, 0.29) is 0 Å². The maximum Gasteiger partial charge on any atom is 0.0595 e. The molecule has 0 heterocycles. The minimum absolute atomic E-state index is 0.636. The van der Waals surface area contributed by atoms with Gasteiger partial charge in [0.2, 0.25) is 0 Å². The monoisotopic (exact) mass is 154 g/mol. The summed E-state index contributed by atoms with van der Waals surface area (Å²) in [5, 5.41) is 4.13. The van der Waals surface area contributed by atoms with Crippen molar-refractivity contribution in [2.75, 3.05) is 6.54 Å². The number of hydrogen-bond donors (Lipinski definition) is 1. The Morgan fingerprint density at radius 2 is 2.00 bits per heavy atom. The Labute approximate surface area is 69.4 Å². The molecule has 2 heteroatoms. The van der Waals surface area contributed by atoms with Gasteiger partial charge in [-0.1, -0.05) is 20.4 Å². The van der Waals surface area contributed by atoms with Crippen molar-refractivity contribution in [1.82, 2.24) is 5.43 Å². The molecule has 0 bridgehead atoms. The molecular formula is C9H18N2. The molecule has 0 atom stereocenters. The Balaban J connectivity index is 3.65. The van der Waals surface area contributed by atoms with Crippen LogP contribution >= 0.6 is 0 Å². The molecule has 0 spiro atoms. The van der Waals surface area contributed by atoms with E-state index in [0.717, 1.165) is 17.8 Å². The molecule has 0 amide bonds. The molecular weight excluding hydrogens is 136 g/mol. The van der Waals surface area contributed by atoms with Crippen molar-refractivity contribution in [3.8, 4) is 0 Å². The fourth-order valence-corrected chi connectivity index (χ4v) is 0.442. The highest BCUT2D eigenvalue weighted by atomic mass is 15.3. The van der Waals surface area contributed by atoms with Crippen LogP contribution in [0.5, 0.6) is 0 Å². The second kappa shape index (κ2) is 4.94. The highest BCUT2D eigenvalue weighted by molar-refractivity contribution is 5.96. The van der Waals surface area contributed by atoms with Gasteiger partial charge in [0.25, 0.3) is 0 Å². The molecule has 11 heavy (non-hydrogen) atoms. The predicted molar refractivity (Wildman–Crippen MR) is 50.8 cm³/mol. The van der Waals surface area contributed by atoms with Gasteiger partial charge in [-0.3, -0.25) is 0 Å². The third kappa shape index (κ3) is 5.64. The van der Waals surface area contributed by atoms with E-state index in [9.17, 15) is 0 Å². The van der Waals surface area contributed by atoms with Crippen LogP contribution < -0.4 is 5.43 Å². The van der Waals surface area contributed by atoms with Crippen molar-refractivity contribution in [1.29, 1.82) is 0 Å². The van der Waals surface area contributed by atoms with Gasteiger partial charge in [-0.2, -0.15) is 5.10 Å². The van der Waals surface area contributed by atoms with Crippen LogP contribution in [0.4, 0.5) is 0 Å². The Morgan fingerprint density at radius 3 is 2.36 bits per heavy atom. The number of nitrogens with zero attached hydrogens (tertiary/aromatic N) is 1. The summed E-state index contributed by atoms with van der Waals surface area (Å²) < 4.78 is 0. The van der Waals surface area contributed by atoms with Gasteiger partial charge in [0.05, 0.1) is 5.71 Å². The first kappa shape index (κ1) is 10.2. The quantitative estimate of drug-likeness (QED) is 0.487. The van der Waals surface area contributed by atoms with Crippen LogP contribution in [0, 0.1) is 5.92 Å². The Kier molecular flexibility index (Phi) is 4.59. The number of hydrogen-bond acceptors (Lipinski definition) is 2. The van der Waals surface area contributed by atoms with E-state index in [1.807, 2.05) is 13.8 Å². The van der Waals surface area contributed by atoms with Gasteiger partial charge in [-0.15, -0.1) is 0 Å². The van der Waals surface area contributed by atoms with Crippen LogP contribution in [0.1, 0.15) is 27.7 Å². The molecule has 0 rings (SSSR count). The highest BCUT2D eigenvalue weighted by Gasteiger charge is 1.91. The van der Waals surface area contributed by atoms with Crippen molar-refractivity contribution in [2.24, 2.45) is 11.0 Å². The summed E-state index contributed by atoms with van der Waals surface area (Å²) in [5.41, 5.74) is 4.99. The highest BCUT2D eigenvalue weighted by Crippen LogP contribution is 1.91. The molecule has 0 aliphatic carbocycles. The first-order valence-electron chi connectivity index (χ1n) is 3.97. The fourth-order valence-electron chi connectivity index (χ4n) is 0.442. The van der Waals surface area contributed by atoms with Gasteiger partial charge in [0.1, 0.15) is 0 Å². The van der Waals surface area contributed by atoms with Crippen LogP contribution in [0.3, 0.4) is 0 Å². The average Bonchev–Trinajstić information content (AvgIpc) is 1.86. The first-order chi connectivity index (χ1) is 5.04. The zero-order valence-corrected chi connectivity index (χ0v) is 7.94. The van der Waals surface area contributed by atoms with Crippen LogP contribution in [-0.4, -0.2) is 12.3 Å². The first-order valence-corrected chi connectivity index (χ1v) is 3.97. The van der Waals surface area contributed by atoms with E-state index < -0.39 is 0 Å². The average molecular weight is 154 g/mol. The smallest absolute Gasteiger partial charge is 0.0595 e. The summed E-state index contributed by atoms with van der Waals surface area (Å²) in [6, 6.07) is 0. The number of rotatable bonds is 4. The summed E-state index contributed by atoms with van der Waals surface area (Å²) in [6.45, 7) is 12.9. The van der Waals surface area contributed by atoms with Gasteiger partial charge >= 0.3 is 0 Å². The van der Waals surface area contributed by atoms with E-state index in [4.69, 9.17) is 0 Å². The van der Waals surface area contributed by atoms with E-state index in [0.29, 0.717) is 5.92 Å². The van der Waals surface area contributed by atoms with Crippen molar-refractivity contribution < 1.29 is 0 Å². The van der Waals surface area contributed by atoms with Gasteiger partial charge in [-0.25, -0.2) is 0 Å². The number of allylic oxidation sites excluding steroid dienone is 1. The summed E-state index contributed by atoms with van der Waals surface area (Å²) in [5.74, 6) is 0.636. The lowest BCUT2D eigenvalue weighted by molar-refractivity contribution is 0.570. The molecule has 0 saturated carbocycles. The van der Waals surface area contributed by atoms with Gasteiger partial charge < -0.3 is 5.43 Å². The molecule has 1 N–H and O–H groups in total. The Bertz CT molecular complexity index is 157. The minimum atomic E-state index is 0.636. The molecule has 2 nitrogen and oxygen atoms in total. The summed E-state index contributed by atoms with van der Waals surface area (Å²) in [4.78, 5) is 0. The minimum Gasteiger partial charge on any atom is -0.310 e. The molecule has 0 radical (unpaired) electrons. The van der Waals surface area contributed by atoms with Crippen molar-refractivity contribution in [2.45, 2.75) is 27.7 Å². The molecule has 0 aromatic heterocycles. The SMILES string of the molecule is C=C(C)C(C)=NNCC(C)C. The summed E-state index contributed by atoms with van der Waals surface area (Å²) in [6.07, 6.45) is 0. The number of nitrogens with one attached hydrogen (secondary N) is 1. The maximum atomic E-state index is 4.13. The van der Waals surface area contributed by atoms with Crippen molar-refractivity contribution >= 4 is 5.71 Å². The Hall–Kier alpha value is -0.790. The van der Waals surface area contributed by atoms with Gasteiger partial charge in [0.15, 0.2) is 0 Å². The molecule has 0 aromatic carbocycles. The van der Waals surface area contributed by atoms with Gasteiger partial charge in [-0.05, 0) is 25.3 Å². The predicted octanol–water partition coefficient (Wildman–Crippen LogP) is 2.18. The van der Waals surface area contributed by atoms with E-state index in [1.54, 1.807) is 0 Å². The molecule has 0 aromatic rings. The third-order valence-corrected chi connectivity index (χ3v) is 1.36. The van der Waals surface area contributed by atoms with E-state index in [1.165, 1.54) is 0 Å². The van der Waals surface area contributed by atoms with Gasteiger partial charge in [0, 0.05) is 6.54 Å². The molecule has 0 aliphatic heterocycles. The van der Waals surface area contributed by atoms with Crippen molar-refractivity contribution in [3.63, 3.8) is 0 Å². The lowest BCUT2D eigenvalue weighted by Crippen LogP contribution is -2.15. The topological polar surface area (TPSA) is 24.4 Å². The normalized spacial score (nSPS) is 11.9. The van der Waals surface area contributed by atoms with Crippen LogP contribution in [0.15, 0.2) is 17.3 Å². The van der Waals surface area contributed by atoms with E-state index >= 15 is 0 Å². The van der Waals surface area contributed by atoms with Crippen LogP contribution in [-0.2, 0) is 0 Å². The molecule has 0 fully saturated rings. The van der Waals surface area contributed by atoms with Crippen LogP contribution in [0.25, 0.3) is 0 Å². The van der Waals surface area contributed by atoms with Crippen molar-refractivity contribution in [3.05, 3.63) is 12.2 Å². The lowest BCUT2D eigenvalue weighted by Gasteiger charge is -2.04. The fraction of sp³-hybridized carbons (Fsp3) is 0.667. The summed E-state index contributed by atoms with van der Waals surface area (Å²) in [7, 11) is 0. The number of hydrazone groups is 1. The molecule has 0 unspecified atom stereocenters. The second-order valence-corrected chi connectivity index (χ2v) is 3.23. The zero-order chi connectivity index (χ0) is 8.85. The molecule has 0 saturated heterocycles. The third-order valence-electron chi connectivity index (χ3n) is 1.36. The largest absolute Gasteiger partial charge is 0.310 e. The maximum absolute atomic E-state index is 4.13. The molecule has 0 aliphatic rings. The Morgan fingerprint density at radius 1 is 1.45 bits per heavy atom. The molecule has 64 valence electrons. The lowest BCUT2D eigenvalue weighted by atomic mass is 10.2. The summed E-state index contributed by atoms with van der Waals surface area (Å²) >= 11 is 0. The zero-order valence-electron chi connectivity index (χ0n) is 7.94. The standard InChI is InChI=1S/C9H18N2/c1-7(2)6-10-11-9(5)8(3)4/h7,10H,3,6H2,1-2,4-5H3. The van der Waals surface area contributed by atoms with E-state index in [2.05, 4.69) is 31.0 Å². The second-order valence-electron chi connectivity index (χ2n) is 3.23. The van der Waals surface area contributed by atoms with Crippen LogP contribution in [0.2, 0.25) is 0 Å².